The molecule has 1 saturated carbocycles. The summed E-state index contributed by atoms with van der Waals surface area (Å²) in [4.78, 5) is 2.66. The molecule has 1 aromatic rings. The molecule has 0 radical (unpaired) electrons. The van der Waals surface area contributed by atoms with E-state index in [0.717, 1.165) is 5.02 Å². The fraction of sp³-hybridized carbons (Fsp3) is 0.625. The van der Waals surface area contributed by atoms with Crippen molar-refractivity contribution in [2.75, 3.05) is 13.1 Å². The zero-order chi connectivity index (χ0) is 13.3. The summed E-state index contributed by atoms with van der Waals surface area (Å²) < 4.78 is 0. The summed E-state index contributed by atoms with van der Waals surface area (Å²) in [5.41, 5.74) is 8.06. The minimum atomic E-state index is 0.0896. The van der Waals surface area contributed by atoms with E-state index in [1.165, 1.54) is 57.2 Å². The van der Waals surface area contributed by atoms with Gasteiger partial charge in [0.05, 0.1) is 0 Å². The SMILES string of the molecule is NC(c1cccc(Cl)c1)C1(N2CCCC2)CCCC1. The summed E-state index contributed by atoms with van der Waals surface area (Å²) >= 11 is 6.13. The highest BCUT2D eigenvalue weighted by molar-refractivity contribution is 6.30. The highest BCUT2D eigenvalue weighted by Crippen LogP contribution is 2.45. The first-order valence-corrected chi connectivity index (χ1v) is 7.86. The van der Waals surface area contributed by atoms with Crippen LogP contribution in [0.15, 0.2) is 24.3 Å². The Labute approximate surface area is 120 Å². The molecule has 0 amide bonds. The third-order valence-corrected chi connectivity index (χ3v) is 5.23. The average molecular weight is 279 g/mol. The maximum absolute atomic E-state index is 6.68. The van der Waals surface area contributed by atoms with Gasteiger partial charge in [-0.05, 0) is 56.5 Å². The van der Waals surface area contributed by atoms with E-state index in [2.05, 4.69) is 11.0 Å². The van der Waals surface area contributed by atoms with Gasteiger partial charge in [0.25, 0.3) is 0 Å². The summed E-state index contributed by atoms with van der Waals surface area (Å²) in [5, 5.41) is 0.794. The minimum Gasteiger partial charge on any atom is -0.322 e. The van der Waals surface area contributed by atoms with Crippen LogP contribution in [-0.2, 0) is 0 Å². The molecule has 0 bridgehead atoms. The molecule has 0 spiro atoms. The standard InChI is InChI=1S/C16H23ClN2/c17-14-7-5-6-13(12-14)15(18)16(8-1-2-9-16)19-10-3-4-11-19/h5-7,12,15H,1-4,8-11,18H2. The van der Waals surface area contributed by atoms with Crippen LogP contribution in [0.5, 0.6) is 0 Å². The van der Waals surface area contributed by atoms with Crippen LogP contribution in [0.3, 0.4) is 0 Å². The van der Waals surface area contributed by atoms with Crippen molar-refractivity contribution in [1.29, 1.82) is 0 Å². The smallest absolute Gasteiger partial charge is 0.0482 e. The molecular weight excluding hydrogens is 256 g/mol. The second-order valence-electron chi connectivity index (χ2n) is 6.04. The lowest BCUT2D eigenvalue weighted by atomic mass is 9.82. The van der Waals surface area contributed by atoms with Gasteiger partial charge in [-0.1, -0.05) is 36.6 Å². The van der Waals surface area contributed by atoms with Crippen molar-refractivity contribution in [2.24, 2.45) is 5.73 Å². The van der Waals surface area contributed by atoms with Crippen LogP contribution >= 0.6 is 11.6 Å². The Balaban J connectivity index is 1.91. The van der Waals surface area contributed by atoms with Crippen molar-refractivity contribution in [3.8, 4) is 0 Å². The maximum atomic E-state index is 6.68. The van der Waals surface area contributed by atoms with Crippen LogP contribution in [0, 0.1) is 0 Å². The maximum Gasteiger partial charge on any atom is 0.0482 e. The zero-order valence-electron chi connectivity index (χ0n) is 11.4. The number of nitrogens with two attached hydrogens (primary N) is 1. The molecule has 0 aromatic heterocycles. The summed E-state index contributed by atoms with van der Waals surface area (Å²) in [6, 6.07) is 8.21. The minimum absolute atomic E-state index is 0.0896. The lowest BCUT2D eigenvalue weighted by Gasteiger charge is -2.43. The van der Waals surface area contributed by atoms with Crippen LogP contribution in [0.1, 0.15) is 50.1 Å². The first kappa shape index (κ1) is 13.4. The largest absolute Gasteiger partial charge is 0.322 e. The predicted octanol–water partition coefficient (Wildman–Crippen LogP) is 3.75. The van der Waals surface area contributed by atoms with E-state index in [1.54, 1.807) is 0 Å². The van der Waals surface area contributed by atoms with Gasteiger partial charge in [0, 0.05) is 16.6 Å². The summed E-state index contributed by atoms with van der Waals surface area (Å²) in [5.74, 6) is 0. The molecule has 1 aromatic carbocycles. The Morgan fingerprint density at radius 3 is 2.42 bits per heavy atom. The number of nitrogens with zero attached hydrogens (tertiary/aromatic N) is 1. The fourth-order valence-corrected chi connectivity index (χ4v) is 4.18. The highest BCUT2D eigenvalue weighted by atomic mass is 35.5. The molecule has 1 saturated heterocycles. The topological polar surface area (TPSA) is 29.3 Å². The third-order valence-electron chi connectivity index (χ3n) is 4.99. The van der Waals surface area contributed by atoms with Crippen LogP contribution in [0.25, 0.3) is 0 Å². The molecule has 1 heterocycles. The molecule has 2 fully saturated rings. The number of likely N-dealkylation sites (tertiary alicyclic amines) is 1. The molecule has 1 aliphatic carbocycles. The van der Waals surface area contributed by atoms with Crippen molar-refractivity contribution in [1.82, 2.24) is 4.90 Å². The van der Waals surface area contributed by atoms with E-state index < -0.39 is 0 Å². The number of benzene rings is 1. The van der Waals surface area contributed by atoms with Crippen molar-refractivity contribution in [3.63, 3.8) is 0 Å². The van der Waals surface area contributed by atoms with Crippen LogP contribution in [0.4, 0.5) is 0 Å². The van der Waals surface area contributed by atoms with Gasteiger partial charge in [0.2, 0.25) is 0 Å². The lowest BCUT2D eigenvalue weighted by Crippen LogP contribution is -2.52. The average Bonchev–Trinajstić information content (AvgIpc) is 3.09. The molecular formula is C16H23ClN2. The molecule has 2 aliphatic rings. The monoisotopic (exact) mass is 278 g/mol. The van der Waals surface area contributed by atoms with E-state index in [1.807, 2.05) is 18.2 Å². The first-order chi connectivity index (χ1) is 9.22. The molecule has 104 valence electrons. The van der Waals surface area contributed by atoms with E-state index in [-0.39, 0.29) is 11.6 Å². The number of rotatable bonds is 3. The van der Waals surface area contributed by atoms with E-state index >= 15 is 0 Å². The molecule has 19 heavy (non-hydrogen) atoms. The second kappa shape index (κ2) is 5.43. The molecule has 1 unspecified atom stereocenters. The normalized spacial score (nSPS) is 24.7. The molecule has 2 nitrogen and oxygen atoms in total. The predicted molar refractivity (Wildman–Crippen MR) is 80.4 cm³/mol. The van der Waals surface area contributed by atoms with E-state index in [9.17, 15) is 0 Å². The van der Waals surface area contributed by atoms with Gasteiger partial charge < -0.3 is 5.73 Å². The van der Waals surface area contributed by atoms with Crippen LogP contribution < -0.4 is 5.73 Å². The number of hydrogen-bond acceptors (Lipinski definition) is 2. The van der Waals surface area contributed by atoms with Gasteiger partial charge >= 0.3 is 0 Å². The number of halogens is 1. The van der Waals surface area contributed by atoms with Crippen molar-refractivity contribution < 1.29 is 0 Å². The fourth-order valence-electron chi connectivity index (χ4n) is 3.98. The van der Waals surface area contributed by atoms with Gasteiger partial charge in [-0.25, -0.2) is 0 Å². The zero-order valence-corrected chi connectivity index (χ0v) is 12.2. The van der Waals surface area contributed by atoms with Gasteiger partial charge in [0.1, 0.15) is 0 Å². The van der Waals surface area contributed by atoms with Gasteiger partial charge in [-0.2, -0.15) is 0 Å². The second-order valence-corrected chi connectivity index (χ2v) is 6.47. The molecule has 1 aliphatic heterocycles. The van der Waals surface area contributed by atoms with E-state index in [4.69, 9.17) is 17.3 Å². The number of hydrogen-bond donors (Lipinski definition) is 1. The van der Waals surface area contributed by atoms with Gasteiger partial charge in [-0.3, -0.25) is 4.90 Å². The van der Waals surface area contributed by atoms with Crippen molar-refractivity contribution >= 4 is 11.6 Å². The Morgan fingerprint density at radius 1 is 1.11 bits per heavy atom. The van der Waals surface area contributed by atoms with Gasteiger partial charge in [-0.15, -0.1) is 0 Å². The Hall–Kier alpha value is -0.570. The molecule has 2 N–H and O–H groups in total. The van der Waals surface area contributed by atoms with E-state index in [0.29, 0.717) is 0 Å². The molecule has 1 atom stereocenters. The van der Waals surface area contributed by atoms with Crippen molar-refractivity contribution in [2.45, 2.75) is 50.1 Å². The lowest BCUT2D eigenvalue weighted by molar-refractivity contribution is 0.0922. The van der Waals surface area contributed by atoms with Crippen molar-refractivity contribution in [3.05, 3.63) is 34.9 Å². The molecule has 3 rings (SSSR count). The first-order valence-electron chi connectivity index (χ1n) is 7.48. The van der Waals surface area contributed by atoms with Crippen LogP contribution in [0.2, 0.25) is 5.02 Å². The Kier molecular flexibility index (Phi) is 3.84. The van der Waals surface area contributed by atoms with Crippen LogP contribution in [-0.4, -0.2) is 23.5 Å². The summed E-state index contributed by atoms with van der Waals surface area (Å²) in [6.07, 6.45) is 7.74. The summed E-state index contributed by atoms with van der Waals surface area (Å²) in [6.45, 7) is 2.43. The Morgan fingerprint density at radius 2 is 1.79 bits per heavy atom. The highest BCUT2D eigenvalue weighted by Gasteiger charge is 2.45. The summed E-state index contributed by atoms with van der Waals surface area (Å²) in [7, 11) is 0. The Bertz CT molecular complexity index is 434. The van der Waals surface area contributed by atoms with Gasteiger partial charge in [0.15, 0.2) is 0 Å². The third kappa shape index (κ3) is 2.42. The molecule has 3 heteroatoms. The quantitative estimate of drug-likeness (QED) is 0.912.